The minimum Gasteiger partial charge on any atom is -0.382 e. The van der Waals surface area contributed by atoms with Gasteiger partial charge in [0.2, 0.25) is 0 Å². The lowest BCUT2D eigenvalue weighted by Crippen LogP contribution is -2.29. The van der Waals surface area contributed by atoms with E-state index in [0.29, 0.717) is 17.3 Å². The summed E-state index contributed by atoms with van der Waals surface area (Å²) in [7, 11) is 0. The van der Waals surface area contributed by atoms with Crippen molar-refractivity contribution in [2.75, 3.05) is 6.61 Å². The maximum atomic E-state index is 9.95. The molecule has 1 saturated heterocycles. The number of ether oxygens (including phenoxy) is 1. The minimum absolute atomic E-state index is 0.177. The van der Waals surface area contributed by atoms with Crippen LogP contribution in [0, 0.1) is 5.41 Å². The van der Waals surface area contributed by atoms with E-state index in [1.165, 1.54) is 31.2 Å². The van der Waals surface area contributed by atoms with Gasteiger partial charge in [0.1, 0.15) is 5.44 Å². The Morgan fingerprint density at radius 1 is 1.21 bits per heavy atom. The van der Waals surface area contributed by atoms with Crippen molar-refractivity contribution in [3.05, 3.63) is 35.9 Å². The molecule has 3 heteroatoms. The standard InChI is InChI=1S/C16H22O2S/c17-15-10-16(8-4-5-9-16)14(19-15)12-18-11-13-6-2-1-3-7-13/h1-3,6-7,14-15,17H,4-5,8-12H2. The second kappa shape index (κ2) is 5.86. The molecule has 1 spiro atoms. The van der Waals surface area contributed by atoms with Crippen LogP contribution in [0.2, 0.25) is 0 Å². The molecule has 0 aromatic heterocycles. The van der Waals surface area contributed by atoms with E-state index < -0.39 is 0 Å². The fraction of sp³-hybridized carbons (Fsp3) is 0.625. The summed E-state index contributed by atoms with van der Waals surface area (Å²) in [5.74, 6) is 0. The Morgan fingerprint density at radius 3 is 2.68 bits per heavy atom. The molecule has 1 aliphatic carbocycles. The second-order valence-electron chi connectivity index (χ2n) is 5.85. The van der Waals surface area contributed by atoms with Gasteiger partial charge < -0.3 is 9.84 Å². The highest BCUT2D eigenvalue weighted by Gasteiger charge is 2.48. The zero-order valence-corrected chi connectivity index (χ0v) is 12.1. The number of aliphatic hydroxyl groups excluding tert-OH is 1. The predicted molar refractivity (Wildman–Crippen MR) is 79.0 cm³/mol. The van der Waals surface area contributed by atoms with Crippen LogP contribution in [-0.2, 0) is 11.3 Å². The van der Waals surface area contributed by atoms with Crippen molar-refractivity contribution in [2.24, 2.45) is 5.41 Å². The van der Waals surface area contributed by atoms with Crippen molar-refractivity contribution in [3.8, 4) is 0 Å². The summed E-state index contributed by atoms with van der Waals surface area (Å²) in [5.41, 5.74) is 1.41. The molecule has 2 fully saturated rings. The Morgan fingerprint density at radius 2 is 1.95 bits per heavy atom. The summed E-state index contributed by atoms with van der Waals surface area (Å²) < 4.78 is 5.91. The lowest BCUT2D eigenvalue weighted by molar-refractivity contribution is 0.0859. The average Bonchev–Trinajstić information content (AvgIpc) is 3.00. The van der Waals surface area contributed by atoms with E-state index in [4.69, 9.17) is 4.74 Å². The van der Waals surface area contributed by atoms with Crippen LogP contribution in [0.25, 0.3) is 0 Å². The highest BCUT2D eigenvalue weighted by atomic mass is 32.2. The van der Waals surface area contributed by atoms with Crippen molar-refractivity contribution in [1.82, 2.24) is 0 Å². The molecule has 3 rings (SSSR count). The SMILES string of the molecule is OC1CC2(CCCC2)C(COCc2ccccc2)S1. The van der Waals surface area contributed by atoms with E-state index in [1.54, 1.807) is 11.8 Å². The van der Waals surface area contributed by atoms with Crippen LogP contribution in [0.15, 0.2) is 30.3 Å². The summed E-state index contributed by atoms with van der Waals surface area (Å²) in [6.07, 6.45) is 6.16. The first-order chi connectivity index (χ1) is 9.28. The molecule has 1 N–H and O–H groups in total. The average molecular weight is 278 g/mol. The number of benzene rings is 1. The zero-order valence-electron chi connectivity index (χ0n) is 11.3. The number of hydrogen-bond acceptors (Lipinski definition) is 3. The molecule has 0 amide bonds. The molecule has 0 bridgehead atoms. The van der Waals surface area contributed by atoms with E-state index >= 15 is 0 Å². The molecular weight excluding hydrogens is 256 g/mol. The summed E-state index contributed by atoms with van der Waals surface area (Å²) in [6.45, 7) is 1.46. The van der Waals surface area contributed by atoms with Crippen LogP contribution in [0.4, 0.5) is 0 Å². The number of aliphatic hydroxyl groups is 1. The van der Waals surface area contributed by atoms with Crippen molar-refractivity contribution in [3.63, 3.8) is 0 Å². The summed E-state index contributed by atoms with van der Waals surface area (Å²) in [4.78, 5) is 0. The van der Waals surface area contributed by atoms with Gasteiger partial charge in [0, 0.05) is 5.25 Å². The van der Waals surface area contributed by atoms with Gasteiger partial charge in [-0.2, -0.15) is 0 Å². The van der Waals surface area contributed by atoms with Gasteiger partial charge in [-0.3, -0.25) is 0 Å². The molecule has 2 unspecified atom stereocenters. The summed E-state index contributed by atoms with van der Waals surface area (Å²) in [6, 6.07) is 10.3. The Balaban J connectivity index is 1.54. The fourth-order valence-electron chi connectivity index (χ4n) is 3.54. The molecule has 19 heavy (non-hydrogen) atoms. The summed E-state index contributed by atoms with van der Waals surface area (Å²) in [5, 5.41) is 10.4. The van der Waals surface area contributed by atoms with Gasteiger partial charge in [-0.25, -0.2) is 0 Å². The van der Waals surface area contributed by atoms with Gasteiger partial charge >= 0.3 is 0 Å². The highest BCUT2D eigenvalue weighted by Crippen LogP contribution is 2.55. The maximum Gasteiger partial charge on any atom is 0.100 e. The van der Waals surface area contributed by atoms with Gasteiger partial charge in [0.25, 0.3) is 0 Å². The van der Waals surface area contributed by atoms with Crippen LogP contribution in [-0.4, -0.2) is 22.4 Å². The Hall–Kier alpha value is -0.510. The van der Waals surface area contributed by atoms with E-state index in [-0.39, 0.29) is 5.44 Å². The topological polar surface area (TPSA) is 29.5 Å². The van der Waals surface area contributed by atoms with E-state index in [2.05, 4.69) is 12.1 Å². The summed E-state index contributed by atoms with van der Waals surface area (Å²) >= 11 is 1.73. The molecule has 1 aliphatic heterocycles. The molecule has 1 aromatic carbocycles. The van der Waals surface area contributed by atoms with Gasteiger partial charge in [0.05, 0.1) is 13.2 Å². The Kier molecular flexibility index (Phi) is 4.15. The van der Waals surface area contributed by atoms with E-state index in [1.807, 2.05) is 18.2 Å². The van der Waals surface area contributed by atoms with Crippen molar-refractivity contribution >= 4 is 11.8 Å². The highest BCUT2D eigenvalue weighted by molar-refractivity contribution is 8.00. The first-order valence-corrected chi connectivity index (χ1v) is 8.18. The van der Waals surface area contributed by atoms with Crippen LogP contribution < -0.4 is 0 Å². The minimum atomic E-state index is -0.177. The monoisotopic (exact) mass is 278 g/mol. The van der Waals surface area contributed by atoms with E-state index in [0.717, 1.165) is 13.0 Å². The number of thioether (sulfide) groups is 1. The first kappa shape index (κ1) is 13.5. The third-order valence-electron chi connectivity index (χ3n) is 4.57. The molecule has 2 atom stereocenters. The van der Waals surface area contributed by atoms with Gasteiger partial charge in [-0.15, -0.1) is 11.8 Å². The van der Waals surface area contributed by atoms with Crippen LogP contribution in [0.3, 0.4) is 0 Å². The molecule has 1 saturated carbocycles. The van der Waals surface area contributed by atoms with Crippen molar-refractivity contribution < 1.29 is 9.84 Å². The molecular formula is C16H22O2S. The first-order valence-electron chi connectivity index (χ1n) is 7.24. The van der Waals surface area contributed by atoms with Crippen LogP contribution >= 0.6 is 11.8 Å². The molecule has 1 heterocycles. The van der Waals surface area contributed by atoms with Gasteiger partial charge in [-0.1, -0.05) is 43.2 Å². The third kappa shape index (κ3) is 2.99. The normalized spacial score (nSPS) is 29.1. The lowest BCUT2D eigenvalue weighted by Gasteiger charge is -2.29. The Bertz CT molecular complexity index is 400. The van der Waals surface area contributed by atoms with Gasteiger partial charge in [0.15, 0.2) is 0 Å². The second-order valence-corrected chi connectivity index (χ2v) is 7.24. The zero-order chi connectivity index (χ0) is 13.1. The van der Waals surface area contributed by atoms with Crippen LogP contribution in [0.1, 0.15) is 37.7 Å². The van der Waals surface area contributed by atoms with E-state index in [9.17, 15) is 5.11 Å². The predicted octanol–water partition coefficient (Wildman–Crippen LogP) is 3.59. The van der Waals surface area contributed by atoms with Gasteiger partial charge in [-0.05, 0) is 30.2 Å². The largest absolute Gasteiger partial charge is 0.382 e. The molecule has 104 valence electrons. The molecule has 2 nitrogen and oxygen atoms in total. The smallest absolute Gasteiger partial charge is 0.100 e. The number of rotatable bonds is 4. The molecule has 1 aromatic rings. The van der Waals surface area contributed by atoms with Crippen LogP contribution in [0.5, 0.6) is 0 Å². The van der Waals surface area contributed by atoms with Crippen molar-refractivity contribution in [2.45, 2.75) is 49.4 Å². The fourth-order valence-corrected chi connectivity index (χ4v) is 5.14. The molecule has 0 radical (unpaired) electrons. The van der Waals surface area contributed by atoms with Crippen molar-refractivity contribution in [1.29, 1.82) is 0 Å². The Labute approximate surface area is 119 Å². The lowest BCUT2D eigenvalue weighted by atomic mass is 9.80. The quantitative estimate of drug-likeness (QED) is 0.912. The third-order valence-corrected chi connectivity index (χ3v) is 6.01. The number of hydrogen-bond donors (Lipinski definition) is 1. The maximum absolute atomic E-state index is 9.95. The molecule has 2 aliphatic rings.